The van der Waals surface area contributed by atoms with E-state index in [4.69, 9.17) is 4.74 Å². The fourth-order valence-corrected chi connectivity index (χ4v) is 2.39. The third-order valence-corrected chi connectivity index (χ3v) is 3.76. The Morgan fingerprint density at radius 2 is 1.92 bits per heavy atom. The molecule has 1 N–H and O–H groups in total. The van der Waals surface area contributed by atoms with Gasteiger partial charge < -0.3 is 19.9 Å². The highest BCUT2D eigenvalue weighted by Gasteiger charge is 2.12. The van der Waals surface area contributed by atoms with Crippen molar-refractivity contribution in [2.24, 2.45) is 4.99 Å². The Kier molecular flexibility index (Phi) is 18.9. The summed E-state index contributed by atoms with van der Waals surface area (Å²) in [7, 11) is 8.12. The number of allylic oxidation sites excluding steroid dienone is 1. The van der Waals surface area contributed by atoms with E-state index in [9.17, 15) is 0 Å². The second-order valence-electron chi connectivity index (χ2n) is 6.16. The highest BCUT2D eigenvalue weighted by molar-refractivity contribution is 14.0. The Labute approximate surface area is 166 Å². The molecule has 0 aliphatic carbocycles. The average Bonchev–Trinajstić information content (AvgIpc) is 2.52. The Bertz CT molecular complexity index is 324. The van der Waals surface area contributed by atoms with Crippen molar-refractivity contribution >= 4 is 29.9 Å². The lowest BCUT2D eigenvalue weighted by atomic mass is 10.2. The third-order valence-electron chi connectivity index (χ3n) is 3.76. The summed E-state index contributed by atoms with van der Waals surface area (Å²) in [5.74, 6) is 0.947. The molecule has 0 rings (SSSR count). The molecule has 144 valence electrons. The summed E-state index contributed by atoms with van der Waals surface area (Å²) in [6.07, 6.45) is 7.99. The van der Waals surface area contributed by atoms with Crippen LogP contribution in [0.4, 0.5) is 0 Å². The van der Waals surface area contributed by atoms with Gasteiger partial charge in [-0.25, -0.2) is 0 Å². The molecule has 0 heterocycles. The van der Waals surface area contributed by atoms with Gasteiger partial charge in [-0.1, -0.05) is 12.5 Å². The molecule has 0 bridgehead atoms. The number of halogens is 1. The lowest BCUT2D eigenvalue weighted by Crippen LogP contribution is -2.43. The molecule has 5 nitrogen and oxygen atoms in total. The van der Waals surface area contributed by atoms with E-state index >= 15 is 0 Å². The van der Waals surface area contributed by atoms with Crippen molar-refractivity contribution in [3.05, 3.63) is 12.7 Å². The van der Waals surface area contributed by atoms with Crippen LogP contribution in [-0.2, 0) is 4.74 Å². The summed E-state index contributed by atoms with van der Waals surface area (Å²) in [5.41, 5.74) is 0. The van der Waals surface area contributed by atoms with Crippen LogP contribution in [0.2, 0.25) is 0 Å². The first-order valence-electron chi connectivity index (χ1n) is 8.84. The largest absolute Gasteiger partial charge is 0.377 e. The van der Waals surface area contributed by atoms with Crippen molar-refractivity contribution in [2.75, 3.05) is 54.4 Å². The number of aliphatic imine (C=N–C) groups is 1. The Hall–Kier alpha value is -0.340. The monoisotopic (exact) mass is 454 g/mol. The van der Waals surface area contributed by atoms with Gasteiger partial charge in [0.25, 0.3) is 0 Å². The minimum absolute atomic E-state index is 0. The Morgan fingerprint density at radius 3 is 2.46 bits per heavy atom. The smallest absolute Gasteiger partial charge is 0.193 e. The molecular weight excluding hydrogens is 415 g/mol. The summed E-state index contributed by atoms with van der Waals surface area (Å²) >= 11 is 0. The normalized spacial score (nSPS) is 12.7. The summed E-state index contributed by atoms with van der Waals surface area (Å²) < 4.78 is 5.82. The summed E-state index contributed by atoms with van der Waals surface area (Å²) in [5, 5.41) is 3.45. The van der Waals surface area contributed by atoms with Gasteiger partial charge in [-0.05, 0) is 46.7 Å². The minimum Gasteiger partial charge on any atom is -0.377 e. The first-order chi connectivity index (χ1) is 11.0. The van der Waals surface area contributed by atoms with Crippen molar-refractivity contribution in [1.29, 1.82) is 0 Å². The van der Waals surface area contributed by atoms with E-state index < -0.39 is 0 Å². The molecule has 0 radical (unpaired) electrons. The van der Waals surface area contributed by atoms with E-state index in [0.29, 0.717) is 0 Å². The summed E-state index contributed by atoms with van der Waals surface area (Å²) in [4.78, 5) is 8.77. The standard InChI is InChI=1S/C18H38N4O.HI/c1-7-9-10-11-12-14-22(6)18(19-3)20-16-17(23-8-2)13-15-21(4)5;/h7,17H,1,8-16H2,2-6H3,(H,19,20);1H. The zero-order chi connectivity index (χ0) is 17.5. The Balaban J connectivity index is 0. The third kappa shape index (κ3) is 14.0. The molecule has 0 saturated carbocycles. The predicted octanol–water partition coefficient (Wildman–Crippen LogP) is 3.21. The molecular formula is C18H39IN4O. The van der Waals surface area contributed by atoms with Crippen LogP contribution in [0.25, 0.3) is 0 Å². The minimum atomic E-state index is 0. The van der Waals surface area contributed by atoms with Gasteiger partial charge in [0.1, 0.15) is 0 Å². The van der Waals surface area contributed by atoms with Crippen molar-refractivity contribution in [3.63, 3.8) is 0 Å². The van der Waals surface area contributed by atoms with E-state index in [1.807, 2.05) is 20.0 Å². The van der Waals surface area contributed by atoms with Gasteiger partial charge in [0.15, 0.2) is 5.96 Å². The van der Waals surface area contributed by atoms with Gasteiger partial charge in [-0.15, -0.1) is 30.6 Å². The number of nitrogens with zero attached hydrogens (tertiary/aromatic N) is 3. The quantitative estimate of drug-likeness (QED) is 0.153. The lowest BCUT2D eigenvalue weighted by molar-refractivity contribution is 0.0544. The molecule has 0 amide bonds. The molecule has 0 spiro atoms. The maximum Gasteiger partial charge on any atom is 0.193 e. The fourth-order valence-electron chi connectivity index (χ4n) is 2.39. The number of hydrogen-bond acceptors (Lipinski definition) is 3. The van der Waals surface area contributed by atoms with Crippen molar-refractivity contribution in [1.82, 2.24) is 15.1 Å². The van der Waals surface area contributed by atoms with Crippen LogP contribution < -0.4 is 5.32 Å². The van der Waals surface area contributed by atoms with Crippen LogP contribution in [0.3, 0.4) is 0 Å². The molecule has 6 heteroatoms. The summed E-state index contributed by atoms with van der Waals surface area (Å²) in [6.45, 7) is 9.41. The fraction of sp³-hybridized carbons (Fsp3) is 0.833. The van der Waals surface area contributed by atoms with E-state index in [-0.39, 0.29) is 30.1 Å². The SMILES string of the molecule is C=CCCCCCN(C)C(=NC)NCC(CCN(C)C)OCC.I. The zero-order valence-corrected chi connectivity index (χ0v) is 18.7. The maximum absolute atomic E-state index is 5.82. The van der Waals surface area contributed by atoms with Gasteiger partial charge in [0.05, 0.1) is 6.10 Å². The molecule has 1 unspecified atom stereocenters. The van der Waals surface area contributed by atoms with Gasteiger partial charge in [-0.2, -0.15) is 0 Å². The van der Waals surface area contributed by atoms with Crippen molar-refractivity contribution < 1.29 is 4.74 Å². The second kappa shape index (κ2) is 17.5. The molecule has 0 aliphatic heterocycles. The van der Waals surface area contributed by atoms with Crippen LogP contribution in [0.5, 0.6) is 0 Å². The molecule has 0 saturated heterocycles. The average molecular weight is 454 g/mol. The lowest BCUT2D eigenvalue weighted by Gasteiger charge is -2.25. The zero-order valence-electron chi connectivity index (χ0n) is 16.4. The van der Waals surface area contributed by atoms with Crippen LogP contribution in [0, 0.1) is 0 Å². The van der Waals surface area contributed by atoms with Gasteiger partial charge in [0.2, 0.25) is 0 Å². The Morgan fingerprint density at radius 1 is 1.21 bits per heavy atom. The number of guanidine groups is 1. The van der Waals surface area contributed by atoms with E-state index in [1.165, 1.54) is 19.3 Å². The number of hydrogen-bond donors (Lipinski definition) is 1. The van der Waals surface area contributed by atoms with E-state index in [0.717, 1.165) is 45.0 Å². The number of ether oxygens (including phenoxy) is 1. The molecule has 0 aromatic heterocycles. The van der Waals surface area contributed by atoms with Crippen molar-refractivity contribution in [2.45, 2.75) is 45.1 Å². The van der Waals surface area contributed by atoms with Gasteiger partial charge in [-0.3, -0.25) is 4.99 Å². The van der Waals surface area contributed by atoms with Crippen LogP contribution in [-0.4, -0.2) is 76.3 Å². The van der Waals surface area contributed by atoms with Crippen LogP contribution in [0.15, 0.2) is 17.6 Å². The highest BCUT2D eigenvalue weighted by Crippen LogP contribution is 2.02. The maximum atomic E-state index is 5.82. The van der Waals surface area contributed by atoms with E-state index in [1.54, 1.807) is 0 Å². The molecule has 1 atom stereocenters. The first kappa shape index (κ1) is 25.9. The molecule has 0 aromatic rings. The number of unbranched alkanes of at least 4 members (excludes halogenated alkanes) is 3. The molecule has 0 fully saturated rings. The molecule has 24 heavy (non-hydrogen) atoms. The molecule has 0 aromatic carbocycles. The first-order valence-corrected chi connectivity index (χ1v) is 8.84. The van der Waals surface area contributed by atoms with E-state index in [2.05, 4.69) is 47.8 Å². The van der Waals surface area contributed by atoms with Crippen molar-refractivity contribution in [3.8, 4) is 0 Å². The summed E-state index contributed by atoms with van der Waals surface area (Å²) in [6, 6.07) is 0. The molecule has 0 aliphatic rings. The second-order valence-corrected chi connectivity index (χ2v) is 6.16. The highest BCUT2D eigenvalue weighted by atomic mass is 127. The topological polar surface area (TPSA) is 40.1 Å². The number of nitrogens with one attached hydrogen (secondary N) is 1. The predicted molar refractivity (Wildman–Crippen MR) is 117 cm³/mol. The van der Waals surface area contributed by atoms with Gasteiger partial charge >= 0.3 is 0 Å². The van der Waals surface area contributed by atoms with Gasteiger partial charge in [0, 0.05) is 40.3 Å². The van der Waals surface area contributed by atoms with Crippen LogP contribution >= 0.6 is 24.0 Å². The number of rotatable bonds is 13. The van der Waals surface area contributed by atoms with Crippen LogP contribution in [0.1, 0.15) is 39.0 Å².